The lowest BCUT2D eigenvalue weighted by Crippen LogP contribution is -2.58. The summed E-state index contributed by atoms with van der Waals surface area (Å²) in [6, 6.07) is -1.29. The van der Waals surface area contributed by atoms with E-state index in [2.05, 4.69) is 15.5 Å². The number of aliphatic carboxylic acids is 1. The van der Waals surface area contributed by atoms with Gasteiger partial charge in [0, 0.05) is 12.1 Å². The van der Waals surface area contributed by atoms with Crippen LogP contribution >= 0.6 is 0 Å². The van der Waals surface area contributed by atoms with Crippen molar-refractivity contribution in [2.75, 3.05) is 20.6 Å². The molecule has 0 aromatic heterocycles. The fourth-order valence-corrected chi connectivity index (χ4v) is 1.92. The van der Waals surface area contributed by atoms with Crippen molar-refractivity contribution >= 4 is 12.0 Å². The summed E-state index contributed by atoms with van der Waals surface area (Å²) >= 11 is 0. The number of rotatable bonds is 5. The average molecular weight is 243 g/mol. The molecule has 6 nitrogen and oxygen atoms in total. The Morgan fingerprint density at radius 2 is 2.00 bits per heavy atom. The fourth-order valence-electron chi connectivity index (χ4n) is 1.92. The third kappa shape index (κ3) is 3.33. The Morgan fingerprint density at radius 3 is 2.35 bits per heavy atom. The predicted octanol–water partition coefficient (Wildman–Crippen LogP) is 0.243. The molecule has 0 bridgehead atoms. The van der Waals surface area contributed by atoms with Gasteiger partial charge in [0.25, 0.3) is 0 Å². The van der Waals surface area contributed by atoms with Crippen molar-refractivity contribution in [3.05, 3.63) is 0 Å². The number of hydrogen-bond donors (Lipinski definition) is 3. The Labute approximate surface area is 101 Å². The van der Waals surface area contributed by atoms with E-state index in [1.54, 1.807) is 0 Å². The summed E-state index contributed by atoms with van der Waals surface area (Å²) in [5.74, 6) is -1.04. The lowest BCUT2D eigenvalue weighted by Gasteiger charge is -2.47. The van der Waals surface area contributed by atoms with Gasteiger partial charge < -0.3 is 20.6 Å². The number of nitrogens with zero attached hydrogens (tertiary/aromatic N) is 1. The summed E-state index contributed by atoms with van der Waals surface area (Å²) in [5, 5.41) is 13.8. The first-order valence-corrected chi connectivity index (χ1v) is 5.82. The first-order chi connectivity index (χ1) is 7.87. The zero-order chi connectivity index (χ0) is 13.1. The largest absolute Gasteiger partial charge is 0.480 e. The summed E-state index contributed by atoms with van der Waals surface area (Å²) in [5.41, 5.74) is 0.0454. The highest BCUT2D eigenvalue weighted by molar-refractivity contribution is 5.82. The average Bonchev–Trinajstić information content (AvgIpc) is 2.14. The van der Waals surface area contributed by atoms with Gasteiger partial charge in [-0.3, -0.25) is 4.79 Å². The van der Waals surface area contributed by atoms with Crippen LogP contribution in [0, 0.1) is 0 Å². The van der Waals surface area contributed by atoms with Crippen molar-refractivity contribution < 1.29 is 14.7 Å². The Balaban J connectivity index is 2.35. The number of hydrogen-bond acceptors (Lipinski definition) is 3. The monoisotopic (exact) mass is 243 g/mol. The van der Waals surface area contributed by atoms with Crippen LogP contribution in [-0.4, -0.2) is 54.2 Å². The number of urea groups is 1. The van der Waals surface area contributed by atoms with Gasteiger partial charge in [-0.2, -0.15) is 0 Å². The third-order valence-corrected chi connectivity index (χ3v) is 3.53. The molecule has 1 aliphatic carbocycles. The number of carbonyl (C=O) groups is 2. The Kier molecular flexibility index (Phi) is 4.34. The summed E-state index contributed by atoms with van der Waals surface area (Å²) < 4.78 is 0. The number of carboxylic acids is 1. The lowest BCUT2D eigenvalue weighted by atomic mass is 9.75. The maximum absolute atomic E-state index is 11.5. The van der Waals surface area contributed by atoms with Crippen molar-refractivity contribution in [1.82, 2.24) is 15.5 Å². The second-order valence-electron chi connectivity index (χ2n) is 4.86. The van der Waals surface area contributed by atoms with Crippen molar-refractivity contribution in [1.29, 1.82) is 0 Å². The van der Waals surface area contributed by atoms with E-state index in [9.17, 15) is 9.59 Å². The molecular weight excluding hydrogens is 222 g/mol. The van der Waals surface area contributed by atoms with E-state index >= 15 is 0 Å². The molecule has 1 saturated carbocycles. The minimum Gasteiger partial charge on any atom is -0.480 e. The second kappa shape index (κ2) is 5.35. The van der Waals surface area contributed by atoms with Crippen LogP contribution in [0.15, 0.2) is 0 Å². The van der Waals surface area contributed by atoms with Gasteiger partial charge in [0.05, 0.1) is 0 Å². The van der Waals surface area contributed by atoms with Gasteiger partial charge >= 0.3 is 12.0 Å². The maximum Gasteiger partial charge on any atom is 0.325 e. The molecule has 1 rings (SSSR count). The van der Waals surface area contributed by atoms with Crippen LogP contribution < -0.4 is 10.6 Å². The van der Waals surface area contributed by atoms with Gasteiger partial charge in [-0.05, 0) is 40.3 Å². The van der Waals surface area contributed by atoms with E-state index in [4.69, 9.17) is 5.11 Å². The first kappa shape index (κ1) is 13.8. The Bertz CT molecular complexity index is 300. The highest BCUT2D eigenvalue weighted by atomic mass is 16.4. The van der Waals surface area contributed by atoms with E-state index in [1.807, 2.05) is 14.1 Å². The predicted molar refractivity (Wildman–Crippen MR) is 63.9 cm³/mol. The topological polar surface area (TPSA) is 81.7 Å². The van der Waals surface area contributed by atoms with Crippen LogP contribution in [0.2, 0.25) is 0 Å². The minimum atomic E-state index is -1.04. The minimum absolute atomic E-state index is 0.0454. The van der Waals surface area contributed by atoms with Crippen LogP contribution in [0.1, 0.15) is 26.2 Å². The molecule has 2 amide bonds. The summed E-state index contributed by atoms with van der Waals surface area (Å²) in [6.07, 6.45) is 3.30. The van der Waals surface area contributed by atoms with Crippen LogP contribution in [0.4, 0.5) is 4.79 Å². The highest BCUT2D eigenvalue weighted by Crippen LogP contribution is 2.35. The molecule has 0 aromatic rings. The van der Waals surface area contributed by atoms with Gasteiger partial charge in [0.15, 0.2) is 0 Å². The van der Waals surface area contributed by atoms with Crippen LogP contribution in [-0.2, 0) is 4.79 Å². The number of nitrogens with one attached hydrogen (secondary N) is 2. The molecule has 1 aliphatic rings. The van der Waals surface area contributed by atoms with Crippen molar-refractivity contribution in [3.63, 3.8) is 0 Å². The normalized spacial score (nSPS) is 19.3. The van der Waals surface area contributed by atoms with E-state index in [0.29, 0.717) is 6.54 Å². The molecule has 98 valence electrons. The summed E-state index contributed by atoms with van der Waals surface area (Å²) in [7, 11) is 4.00. The van der Waals surface area contributed by atoms with E-state index in [1.165, 1.54) is 13.3 Å². The Morgan fingerprint density at radius 1 is 1.41 bits per heavy atom. The van der Waals surface area contributed by atoms with E-state index in [0.717, 1.165) is 12.8 Å². The Hall–Kier alpha value is -1.30. The zero-order valence-electron chi connectivity index (χ0n) is 10.6. The molecule has 0 saturated heterocycles. The smallest absolute Gasteiger partial charge is 0.325 e. The van der Waals surface area contributed by atoms with Gasteiger partial charge in [-0.15, -0.1) is 0 Å². The van der Waals surface area contributed by atoms with Crippen LogP contribution in [0.3, 0.4) is 0 Å². The molecule has 17 heavy (non-hydrogen) atoms. The molecule has 1 unspecified atom stereocenters. The lowest BCUT2D eigenvalue weighted by molar-refractivity contribution is -0.138. The molecule has 1 atom stereocenters. The molecule has 0 radical (unpaired) electrons. The van der Waals surface area contributed by atoms with Crippen molar-refractivity contribution in [2.45, 2.75) is 37.8 Å². The van der Waals surface area contributed by atoms with Crippen molar-refractivity contribution in [3.8, 4) is 0 Å². The first-order valence-electron chi connectivity index (χ1n) is 5.82. The quantitative estimate of drug-likeness (QED) is 0.646. The highest BCUT2D eigenvalue weighted by Gasteiger charge is 2.39. The van der Waals surface area contributed by atoms with Gasteiger partial charge in [0.2, 0.25) is 0 Å². The molecule has 1 fully saturated rings. The third-order valence-electron chi connectivity index (χ3n) is 3.53. The standard InChI is InChI=1S/C11H21N3O3/c1-8(9(15)16)13-10(17)12-7-11(14(2)3)5-4-6-11/h8H,4-7H2,1-3H3,(H,15,16)(H2,12,13,17). The number of likely N-dealkylation sites (N-methyl/N-ethyl adjacent to an activating group) is 1. The van der Waals surface area contributed by atoms with Crippen LogP contribution in [0.5, 0.6) is 0 Å². The van der Waals surface area contributed by atoms with E-state index < -0.39 is 18.0 Å². The molecule has 6 heteroatoms. The van der Waals surface area contributed by atoms with E-state index in [-0.39, 0.29) is 5.54 Å². The fraction of sp³-hybridized carbons (Fsp3) is 0.818. The molecule has 0 spiro atoms. The van der Waals surface area contributed by atoms with Gasteiger partial charge in [-0.1, -0.05) is 0 Å². The van der Waals surface area contributed by atoms with Gasteiger partial charge in [0.1, 0.15) is 6.04 Å². The molecule has 0 heterocycles. The number of amides is 2. The number of carbonyl (C=O) groups excluding carboxylic acids is 1. The number of carboxylic acid groups (broad SMARTS) is 1. The summed E-state index contributed by atoms with van der Waals surface area (Å²) in [6.45, 7) is 1.99. The maximum atomic E-state index is 11.5. The SMILES string of the molecule is CC(NC(=O)NCC1(N(C)C)CCC1)C(=O)O. The van der Waals surface area contributed by atoms with Gasteiger partial charge in [-0.25, -0.2) is 4.79 Å². The summed E-state index contributed by atoms with van der Waals surface area (Å²) in [4.78, 5) is 24.1. The molecule has 3 N–H and O–H groups in total. The second-order valence-corrected chi connectivity index (χ2v) is 4.86. The molecule has 0 aromatic carbocycles. The van der Waals surface area contributed by atoms with Crippen LogP contribution in [0.25, 0.3) is 0 Å². The molecule has 0 aliphatic heterocycles. The van der Waals surface area contributed by atoms with Crippen molar-refractivity contribution in [2.24, 2.45) is 0 Å². The molecular formula is C11H21N3O3. The zero-order valence-corrected chi connectivity index (χ0v) is 10.6.